The van der Waals surface area contributed by atoms with Gasteiger partial charge in [-0.1, -0.05) is 19.1 Å². The summed E-state index contributed by atoms with van der Waals surface area (Å²) in [7, 11) is 0. The quantitative estimate of drug-likeness (QED) is 0.858. The van der Waals surface area contributed by atoms with Gasteiger partial charge in [-0.3, -0.25) is 0 Å². The monoisotopic (exact) mass is 236 g/mol. The molecule has 1 N–H and O–H groups in total. The van der Waals surface area contributed by atoms with Crippen LogP contribution in [0.2, 0.25) is 0 Å². The molecular formula is C14H21FN2. The van der Waals surface area contributed by atoms with Gasteiger partial charge in [0.2, 0.25) is 0 Å². The van der Waals surface area contributed by atoms with Crippen LogP contribution in [0.25, 0.3) is 0 Å². The van der Waals surface area contributed by atoms with Crippen molar-refractivity contribution in [3.63, 3.8) is 0 Å². The van der Waals surface area contributed by atoms with Crippen molar-refractivity contribution in [1.82, 2.24) is 10.2 Å². The Bertz CT molecular complexity index is 359. The summed E-state index contributed by atoms with van der Waals surface area (Å²) >= 11 is 0. The minimum atomic E-state index is -0.0709. The number of nitrogens with zero attached hydrogens (tertiary/aromatic N) is 1. The van der Waals surface area contributed by atoms with Crippen molar-refractivity contribution in [3.8, 4) is 0 Å². The second-order valence-corrected chi connectivity index (χ2v) is 4.62. The predicted molar refractivity (Wildman–Crippen MR) is 68.8 cm³/mol. The maximum Gasteiger partial charge on any atom is 0.126 e. The molecule has 17 heavy (non-hydrogen) atoms. The van der Waals surface area contributed by atoms with E-state index in [0.29, 0.717) is 0 Å². The summed E-state index contributed by atoms with van der Waals surface area (Å²) in [5.74, 6) is -0.0709. The van der Waals surface area contributed by atoms with Crippen LogP contribution in [0.1, 0.15) is 18.1 Å². The minimum Gasteiger partial charge on any atom is -0.314 e. The standard InChI is InChI=1S/C14H21FN2/c1-2-13-11-12(3-4-14(13)15)5-8-17-9-6-16-7-10-17/h3-4,11,16H,2,5-10H2,1H3. The largest absolute Gasteiger partial charge is 0.314 e. The van der Waals surface area contributed by atoms with Gasteiger partial charge in [0.05, 0.1) is 0 Å². The summed E-state index contributed by atoms with van der Waals surface area (Å²) < 4.78 is 13.3. The van der Waals surface area contributed by atoms with Crippen molar-refractivity contribution in [2.24, 2.45) is 0 Å². The van der Waals surface area contributed by atoms with E-state index in [1.807, 2.05) is 19.1 Å². The highest BCUT2D eigenvalue weighted by atomic mass is 19.1. The number of halogens is 1. The van der Waals surface area contributed by atoms with Crippen LogP contribution in [0, 0.1) is 5.82 Å². The fourth-order valence-corrected chi connectivity index (χ4v) is 2.28. The maximum atomic E-state index is 13.3. The number of piperazine rings is 1. The van der Waals surface area contributed by atoms with E-state index in [9.17, 15) is 4.39 Å². The van der Waals surface area contributed by atoms with E-state index < -0.39 is 0 Å². The zero-order chi connectivity index (χ0) is 12.1. The lowest BCUT2D eigenvalue weighted by Crippen LogP contribution is -2.44. The van der Waals surface area contributed by atoms with Gasteiger partial charge in [0, 0.05) is 32.7 Å². The van der Waals surface area contributed by atoms with Crippen LogP contribution >= 0.6 is 0 Å². The second kappa shape index (κ2) is 6.12. The number of nitrogens with one attached hydrogen (secondary N) is 1. The summed E-state index contributed by atoms with van der Waals surface area (Å²) in [5, 5.41) is 3.35. The third-order valence-electron chi connectivity index (χ3n) is 3.42. The molecule has 1 aliphatic rings. The first-order valence-electron chi connectivity index (χ1n) is 6.50. The molecule has 0 unspecified atom stereocenters. The Hall–Kier alpha value is -0.930. The molecule has 0 amide bonds. The summed E-state index contributed by atoms with van der Waals surface area (Å²) in [6.45, 7) is 7.51. The number of hydrogen-bond acceptors (Lipinski definition) is 2. The molecule has 0 atom stereocenters. The van der Waals surface area contributed by atoms with Crippen molar-refractivity contribution in [3.05, 3.63) is 35.1 Å². The molecular weight excluding hydrogens is 215 g/mol. The Labute approximate surface area is 103 Å². The predicted octanol–water partition coefficient (Wildman–Crippen LogP) is 1.84. The third-order valence-corrected chi connectivity index (χ3v) is 3.42. The molecule has 1 aliphatic heterocycles. The molecule has 1 saturated heterocycles. The molecule has 0 spiro atoms. The van der Waals surface area contributed by atoms with Gasteiger partial charge in [-0.05, 0) is 30.0 Å². The minimum absolute atomic E-state index is 0.0709. The maximum absolute atomic E-state index is 13.3. The van der Waals surface area contributed by atoms with Crippen LogP contribution in [0.4, 0.5) is 4.39 Å². The highest BCUT2D eigenvalue weighted by Gasteiger charge is 2.09. The van der Waals surface area contributed by atoms with E-state index in [-0.39, 0.29) is 5.82 Å². The Morgan fingerprint density at radius 3 is 2.76 bits per heavy atom. The van der Waals surface area contributed by atoms with Gasteiger partial charge >= 0.3 is 0 Å². The van der Waals surface area contributed by atoms with Crippen molar-refractivity contribution in [2.75, 3.05) is 32.7 Å². The lowest BCUT2D eigenvalue weighted by molar-refractivity contribution is 0.244. The molecule has 2 rings (SSSR count). The topological polar surface area (TPSA) is 15.3 Å². The summed E-state index contributed by atoms with van der Waals surface area (Å²) in [6, 6.07) is 5.53. The van der Waals surface area contributed by atoms with Crippen molar-refractivity contribution < 1.29 is 4.39 Å². The van der Waals surface area contributed by atoms with Crippen LogP contribution in [0.3, 0.4) is 0 Å². The molecule has 0 aliphatic carbocycles. The fourth-order valence-electron chi connectivity index (χ4n) is 2.28. The van der Waals surface area contributed by atoms with E-state index in [0.717, 1.165) is 51.1 Å². The molecule has 1 heterocycles. The van der Waals surface area contributed by atoms with E-state index in [1.165, 1.54) is 5.56 Å². The van der Waals surface area contributed by atoms with Gasteiger partial charge in [-0.2, -0.15) is 0 Å². The first-order chi connectivity index (χ1) is 8.29. The molecule has 0 saturated carbocycles. The molecule has 3 heteroatoms. The molecule has 0 radical (unpaired) electrons. The SMILES string of the molecule is CCc1cc(CCN2CCNCC2)ccc1F. The number of hydrogen-bond donors (Lipinski definition) is 1. The molecule has 1 aromatic carbocycles. The Balaban J connectivity index is 1.89. The Morgan fingerprint density at radius 2 is 2.06 bits per heavy atom. The molecule has 0 bridgehead atoms. The van der Waals surface area contributed by atoms with Crippen LogP contribution in [-0.4, -0.2) is 37.6 Å². The van der Waals surface area contributed by atoms with E-state index >= 15 is 0 Å². The summed E-state index contributed by atoms with van der Waals surface area (Å²) in [5.41, 5.74) is 2.09. The normalized spacial score (nSPS) is 17.3. The van der Waals surface area contributed by atoms with Crippen LogP contribution < -0.4 is 5.32 Å². The van der Waals surface area contributed by atoms with Crippen molar-refractivity contribution in [2.45, 2.75) is 19.8 Å². The van der Waals surface area contributed by atoms with Gasteiger partial charge in [-0.25, -0.2) is 4.39 Å². The lowest BCUT2D eigenvalue weighted by atomic mass is 10.1. The summed E-state index contributed by atoms with van der Waals surface area (Å²) in [6.07, 6.45) is 1.79. The molecule has 1 fully saturated rings. The summed E-state index contributed by atoms with van der Waals surface area (Å²) in [4.78, 5) is 2.46. The number of rotatable bonds is 4. The van der Waals surface area contributed by atoms with Crippen LogP contribution in [0.5, 0.6) is 0 Å². The van der Waals surface area contributed by atoms with Gasteiger partial charge in [-0.15, -0.1) is 0 Å². The highest BCUT2D eigenvalue weighted by molar-refractivity contribution is 5.25. The molecule has 1 aromatic rings. The van der Waals surface area contributed by atoms with Crippen molar-refractivity contribution in [1.29, 1.82) is 0 Å². The van der Waals surface area contributed by atoms with Gasteiger partial charge < -0.3 is 10.2 Å². The van der Waals surface area contributed by atoms with Crippen LogP contribution in [-0.2, 0) is 12.8 Å². The first kappa shape index (κ1) is 12.5. The number of benzene rings is 1. The van der Waals surface area contributed by atoms with Crippen LogP contribution in [0.15, 0.2) is 18.2 Å². The van der Waals surface area contributed by atoms with E-state index in [2.05, 4.69) is 10.2 Å². The Morgan fingerprint density at radius 1 is 1.29 bits per heavy atom. The highest BCUT2D eigenvalue weighted by Crippen LogP contribution is 2.12. The second-order valence-electron chi connectivity index (χ2n) is 4.62. The van der Waals surface area contributed by atoms with Gasteiger partial charge in [0.15, 0.2) is 0 Å². The lowest BCUT2D eigenvalue weighted by Gasteiger charge is -2.27. The van der Waals surface area contributed by atoms with E-state index in [4.69, 9.17) is 0 Å². The fraction of sp³-hybridized carbons (Fsp3) is 0.571. The zero-order valence-electron chi connectivity index (χ0n) is 10.5. The zero-order valence-corrected chi connectivity index (χ0v) is 10.5. The third kappa shape index (κ3) is 3.51. The van der Waals surface area contributed by atoms with E-state index in [1.54, 1.807) is 6.07 Å². The average Bonchev–Trinajstić information content (AvgIpc) is 2.39. The first-order valence-corrected chi connectivity index (χ1v) is 6.50. The van der Waals surface area contributed by atoms with Gasteiger partial charge in [0.25, 0.3) is 0 Å². The molecule has 2 nitrogen and oxygen atoms in total. The number of aryl methyl sites for hydroxylation is 1. The smallest absolute Gasteiger partial charge is 0.126 e. The van der Waals surface area contributed by atoms with Gasteiger partial charge in [0.1, 0.15) is 5.82 Å². The molecule has 94 valence electrons. The van der Waals surface area contributed by atoms with Crippen molar-refractivity contribution >= 4 is 0 Å². The average molecular weight is 236 g/mol. The molecule has 0 aromatic heterocycles. The Kier molecular flexibility index (Phi) is 4.51.